The Kier molecular flexibility index (Phi) is 2.57. The summed E-state index contributed by atoms with van der Waals surface area (Å²) in [4.78, 5) is 12.5. The van der Waals surface area contributed by atoms with Crippen molar-refractivity contribution >= 4 is 48.9 Å². The average molecular weight is 306 g/mol. The summed E-state index contributed by atoms with van der Waals surface area (Å²) in [5.41, 5.74) is 0.729. The predicted molar refractivity (Wildman–Crippen MR) is 102 cm³/mol. The first-order chi connectivity index (χ1) is 11.8. The Morgan fingerprint density at radius 2 is 1.25 bits per heavy atom. The van der Waals surface area contributed by atoms with Crippen molar-refractivity contribution in [1.82, 2.24) is 0 Å². The van der Waals surface area contributed by atoms with E-state index in [2.05, 4.69) is 61.2 Å². The summed E-state index contributed by atoms with van der Waals surface area (Å²) in [5.74, 6) is -0.0295. The SMILES string of the molecule is C=CC(=O)c1ccc2cccc3c4cccc5cccc(c1c23)c54. The molecule has 24 heavy (non-hydrogen) atoms. The zero-order valence-corrected chi connectivity index (χ0v) is 13.0. The fraction of sp³-hybridized carbons (Fsp3) is 0. The van der Waals surface area contributed by atoms with Gasteiger partial charge in [0, 0.05) is 10.9 Å². The Bertz CT molecular complexity index is 1270. The lowest BCUT2D eigenvalue weighted by Gasteiger charge is -2.16. The zero-order valence-electron chi connectivity index (χ0n) is 13.0. The Morgan fingerprint density at radius 1 is 0.667 bits per heavy atom. The van der Waals surface area contributed by atoms with Crippen molar-refractivity contribution in [3.63, 3.8) is 0 Å². The van der Waals surface area contributed by atoms with Crippen molar-refractivity contribution in [2.45, 2.75) is 0 Å². The third-order valence-corrected chi connectivity index (χ3v) is 4.96. The average Bonchev–Trinajstić information content (AvgIpc) is 2.64. The molecule has 112 valence electrons. The van der Waals surface area contributed by atoms with Gasteiger partial charge in [-0.1, -0.05) is 67.2 Å². The molecule has 1 heteroatoms. The van der Waals surface area contributed by atoms with Crippen LogP contribution in [0.25, 0.3) is 43.1 Å². The minimum Gasteiger partial charge on any atom is -0.289 e. The van der Waals surface area contributed by atoms with Crippen LogP contribution < -0.4 is 0 Å². The highest BCUT2D eigenvalue weighted by Crippen LogP contribution is 2.41. The van der Waals surface area contributed by atoms with E-state index in [-0.39, 0.29) is 5.78 Å². The van der Waals surface area contributed by atoms with E-state index < -0.39 is 0 Å². The molecule has 0 amide bonds. The first-order valence-corrected chi connectivity index (χ1v) is 8.04. The lowest BCUT2D eigenvalue weighted by Crippen LogP contribution is -1.97. The molecule has 0 aliphatic heterocycles. The van der Waals surface area contributed by atoms with Crippen molar-refractivity contribution in [2.24, 2.45) is 0 Å². The largest absolute Gasteiger partial charge is 0.289 e. The summed E-state index contributed by atoms with van der Waals surface area (Å²) < 4.78 is 0. The van der Waals surface area contributed by atoms with E-state index in [1.807, 2.05) is 12.1 Å². The number of fused-ring (bicyclic) bond motifs is 2. The van der Waals surface area contributed by atoms with Crippen molar-refractivity contribution in [1.29, 1.82) is 0 Å². The fourth-order valence-electron chi connectivity index (χ4n) is 3.97. The molecule has 0 saturated heterocycles. The highest BCUT2D eigenvalue weighted by molar-refractivity contribution is 6.36. The Morgan fingerprint density at radius 3 is 1.92 bits per heavy atom. The second-order valence-electron chi connectivity index (χ2n) is 6.17. The van der Waals surface area contributed by atoms with Crippen LogP contribution in [0.2, 0.25) is 0 Å². The van der Waals surface area contributed by atoms with Gasteiger partial charge in [-0.15, -0.1) is 0 Å². The van der Waals surface area contributed by atoms with Crippen LogP contribution in [0.15, 0.2) is 79.4 Å². The van der Waals surface area contributed by atoms with Gasteiger partial charge in [0.25, 0.3) is 0 Å². The van der Waals surface area contributed by atoms with Gasteiger partial charge >= 0.3 is 0 Å². The van der Waals surface area contributed by atoms with Gasteiger partial charge in [-0.3, -0.25) is 4.79 Å². The highest BCUT2D eigenvalue weighted by Gasteiger charge is 2.17. The molecular weight excluding hydrogens is 292 g/mol. The highest BCUT2D eigenvalue weighted by atomic mass is 16.1. The molecule has 0 aromatic heterocycles. The number of ketones is 1. The molecule has 0 heterocycles. The van der Waals surface area contributed by atoms with Gasteiger partial charge in [-0.05, 0) is 49.8 Å². The van der Waals surface area contributed by atoms with Crippen molar-refractivity contribution in [3.05, 3.63) is 84.9 Å². The van der Waals surface area contributed by atoms with Crippen LogP contribution in [0.5, 0.6) is 0 Å². The summed E-state index contributed by atoms with van der Waals surface area (Å²) in [5, 5.41) is 9.37. The zero-order chi connectivity index (χ0) is 16.3. The lowest BCUT2D eigenvalue weighted by atomic mass is 9.87. The number of hydrogen-bond acceptors (Lipinski definition) is 1. The third-order valence-electron chi connectivity index (χ3n) is 4.96. The normalized spacial score (nSPS) is 11.7. The van der Waals surface area contributed by atoms with E-state index in [1.165, 1.54) is 27.6 Å². The molecule has 0 radical (unpaired) electrons. The first kappa shape index (κ1) is 13.3. The molecule has 0 atom stereocenters. The third kappa shape index (κ3) is 1.56. The smallest absolute Gasteiger partial charge is 0.185 e. The number of rotatable bonds is 2. The van der Waals surface area contributed by atoms with Crippen LogP contribution in [-0.2, 0) is 0 Å². The van der Waals surface area contributed by atoms with E-state index in [0.29, 0.717) is 0 Å². The minimum atomic E-state index is -0.0295. The maximum absolute atomic E-state index is 12.5. The second-order valence-corrected chi connectivity index (χ2v) is 6.17. The Hall–Kier alpha value is -3.19. The van der Waals surface area contributed by atoms with E-state index >= 15 is 0 Å². The van der Waals surface area contributed by atoms with Gasteiger partial charge in [-0.25, -0.2) is 0 Å². The van der Waals surface area contributed by atoms with Gasteiger partial charge in [0.1, 0.15) is 0 Å². The standard InChI is InChI=1S/C23H14O/c1-2-20(24)18-13-12-15-8-4-10-17-16-9-3-6-14-7-5-11-19(21(14)16)23(18)22(15)17/h2-13H,1H2. The molecule has 5 aromatic carbocycles. The lowest BCUT2D eigenvalue weighted by molar-refractivity contribution is 0.104. The number of allylic oxidation sites excluding steroid dienone is 1. The first-order valence-electron chi connectivity index (χ1n) is 8.04. The van der Waals surface area contributed by atoms with Gasteiger partial charge in [-0.2, -0.15) is 0 Å². The predicted octanol–water partition coefficient (Wildman–Crippen LogP) is 6.11. The number of benzene rings is 5. The number of hydrogen-bond donors (Lipinski definition) is 0. The van der Waals surface area contributed by atoms with E-state index in [1.54, 1.807) is 0 Å². The van der Waals surface area contributed by atoms with E-state index in [4.69, 9.17) is 0 Å². The van der Waals surface area contributed by atoms with Crippen molar-refractivity contribution < 1.29 is 4.79 Å². The number of carbonyl (C=O) groups is 1. The van der Waals surface area contributed by atoms with Crippen LogP contribution in [0.4, 0.5) is 0 Å². The summed E-state index contributed by atoms with van der Waals surface area (Å²) in [7, 11) is 0. The van der Waals surface area contributed by atoms with Crippen LogP contribution in [0.1, 0.15) is 10.4 Å². The van der Waals surface area contributed by atoms with Gasteiger partial charge in [0.15, 0.2) is 5.78 Å². The molecule has 0 fully saturated rings. The maximum Gasteiger partial charge on any atom is 0.185 e. The summed E-state index contributed by atoms with van der Waals surface area (Å²) in [6.07, 6.45) is 1.40. The molecule has 1 nitrogen and oxygen atoms in total. The minimum absolute atomic E-state index is 0.0295. The molecule has 5 rings (SSSR count). The second kappa shape index (κ2) is 4.65. The Balaban J connectivity index is 2.23. The molecule has 0 aliphatic carbocycles. The molecule has 0 unspecified atom stereocenters. The van der Waals surface area contributed by atoms with E-state index in [0.717, 1.165) is 27.1 Å². The topological polar surface area (TPSA) is 17.1 Å². The van der Waals surface area contributed by atoms with Crippen LogP contribution in [0, 0.1) is 0 Å². The molecule has 0 bridgehead atoms. The monoisotopic (exact) mass is 306 g/mol. The number of carbonyl (C=O) groups excluding carboxylic acids is 1. The van der Waals surface area contributed by atoms with Crippen LogP contribution in [-0.4, -0.2) is 5.78 Å². The van der Waals surface area contributed by atoms with Gasteiger partial charge in [0.05, 0.1) is 0 Å². The summed E-state index contributed by atoms with van der Waals surface area (Å²) in [6, 6.07) is 23.0. The van der Waals surface area contributed by atoms with Crippen LogP contribution in [0.3, 0.4) is 0 Å². The van der Waals surface area contributed by atoms with Gasteiger partial charge in [0.2, 0.25) is 0 Å². The molecule has 0 aliphatic rings. The summed E-state index contributed by atoms with van der Waals surface area (Å²) in [6.45, 7) is 3.68. The fourth-order valence-corrected chi connectivity index (χ4v) is 3.97. The van der Waals surface area contributed by atoms with E-state index in [9.17, 15) is 4.79 Å². The Labute approximate surface area is 139 Å². The van der Waals surface area contributed by atoms with Gasteiger partial charge < -0.3 is 0 Å². The molecular formula is C23H14O. The summed E-state index contributed by atoms with van der Waals surface area (Å²) >= 11 is 0. The molecule has 0 N–H and O–H groups in total. The van der Waals surface area contributed by atoms with Crippen LogP contribution >= 0.6 is 0 Å². The molecule has 0 spiro atoms. The maximum atomic E-state index is 12.5. The quantitative estimate of drug-likeness (QED) is 0.166. The van der Waals surface area contributed by atoms with Crippen molar-refractivity contribution in [2.75, 3.05) is 0 Å². The molecule has 5 aromatic rings. The molecule has 0 saturated carbocycles. The van der Waals surface area contributed by atoms with Crippen molar-refractivity contribution in [3.8, 4) is 0 Å².